The molecule has 2 radical (unpaired) electrons. The van der Waals surface area contributed by atoms with Crippen LogP contribution in [0.3, 0.4) is 0 Å². The van der Waals surface area contributed by atoms with E-state index < -0.39 is 0 Å². The van der Waals surface area contributed by atoms with Crippen LogP contribution in [0.1, 0.15) is 0 Å². The lowest BCUT2D eigenvalue weighted by Gasteiger charge is -1.52. The van der Waals surface area contributed by atoms with Crippen LogP contribution in [0, 0.1) is 6.92 Å². The molecule has 0 rings (SSSR count). The highest BCUT2D eigenvalue weighted by Crippen LogP contribution is 1.50. The second-order valence-electron chi connectivity index (χ2n) is 0.342. The molecule has 0 unspecified atom stereocenters. The molecule has 0 aromatic carbocycles. The van der Waals surface area contributed by atoms with Gasteiger partial charge in [-0.1, -0.05) is 0 Å². The molecule has 22 valence electrons. The SMILES string of the molecule is [CH]C=CO. The summed E-state index contributed by atoms with van der Waals surface area (Å²) < 4.78 is 0. The maximum atomic E-state index is 7.57. The molecule has 0 heterocycles. The minimum absolute atomic E-state index is 0.778. The molecule has 1 N–H and O–H groups in total. The molecule has 1 heteroatoms. The first-order valence-electron chi connectivity index (χ1n) is 0.925. The molecule has 4 heavy (non-hydrogen) atoms. The minimum atomic E-state index is 0.778. The lowest BCUT2D eigenvalue weighted by Crippen LogP contribution is -1.37. The maximum absolute atomic E-state index is 7.57. The zero-order chi connectivity index (χ0) is 3.41. The summed E-state index contributed by atoms with van der Waals surface area (Å²) in [5, 5.41) is 7.57. The predicted octanol–water partition coefficient (Wildman–Crippen LogP) is 0.769. The van der Waals surface area contributed by atoms with Crippen molar-refractivity contribution >= 4 is 0 Å². The maximum Gasteiger partial charge on any atom is 0.0755 e. The van der Waals surface area contributed by atoms with Gasteiger partial charge >= 0.3 is 0 Å². The molecule has 0 fully saturated rings. The van der Waals surface area contributed by atoms with Gasteiger partial charge < -0.3 is 5.11 Å². The van der Waals surface area contributed by atoms with Gasteiger partial charge in [0.2, 0.25) is 0 Å². The van der Waals surface area contributed by atoms with E-state index in [2.05, 4.69) is 6.92 Å². The van der Waals surface area contributed by atoms with E-state index in [4.69, 9.17) is 5.11 Å². The molecule has 0 aliphatic carbocycles. The first-order valence-corrected chi connectivity index (χ1v) is 0.925. The molecule has 0 aliphatic heterocycles. The van der Waals surface area contributed by atoms with Crippen molar-refractivity contribution < 1.29 is 5.11 Å². The van der Waals surface area contributed by atoms with Gasteiger partial charge in [-0.2, -0.15) is 0 Å². The topological polar surface area (TPSA) is 20.2 Å². The Kier molecular flexibility index (Phi) is 2.25. The van der Waals surface area contributed by atoms with Crippen LogP contribution in [0.25, 0.3) is 0 Å². The van der Waals surface area contributed by atoms with Crippen molar-refractivity contribution in [3.05, 3.63) is 19.3 Å². The van der Waals surface area contributed by atoms with Crippen LogP contribution < -0.4 is 0 Å². The highest BCUT2D eigenvalue weighted by Gasteiger charge is 1.36. The van der Waals surface area contributed by atoms with Gasteiger partial charge in [0.15, 0.2) is 0 Å². The van der Waals surface area contributed by atoms with Gasteiger partial charge in [0.1, 0.15) is 0 Å². The fourth-order valence-electron chi connectivity index (χ4n) is 0. The Labute approximate surface area is 25.6 Å². The van der Waals surface area contributed by atoms with Gasteiger partial charge in [-0.15, -0.1) is 0 Å². The summed E-state index contributed by atoms with van der Waals surface area (Å²) in [5.41, 5.74) is 0. The second kappa shape index (κ2) is 2.54. The fourth-order valence-corrected chi connectivity index (χ4v) is 0. The van der Waals surface area contributed by atoms with Crippen LogP contribution in [-0.2, 0) is 0 Å². The Balaban J connectivity index is 2.55. The Morgan fingerprint density at radius 2 is 2.00 bits per heavy atom. The van der Waals surface area contributed by atoms with Gasteiger partial charge in [0.25, 0.3) is 0 Å². The van der Waals surface area contributed by atoms with Gasteiger partial charge in [-0.05, 0) is 13.0 Å². The number of rotatable bonds is 0. The second-order valence-corrected chi connectivity index (χ2v) is 0.342. The molecule has 0 spiro atoms. The van der Waals surface area contributed by atoms with E-state index in [1.807, 2.05) is 0 Å². The Morgan fingerprint density at radius 1 is 1.75 bits per heavy atom. The first kappa shape index (κ1) is 3.54. The van der Waals surface area contributed by atoms with Crippen LogP contribution >= 0.6 is 0 Å². The standard InChI is InChI=1S/C3H4O/c1-2-3-4/h1-4H. The summed E-state index contributed by atoms with van der Waals surface area (Å²) in [6, 6.07) is 0. The molecule has 0 aliphatic rings. The highest BCUT2D eigenvalue weighted by molar-refractivity contribution is 4.72. The molecular formula is C3H4O. The molecule has 0 amide bonds. The average molecular weight is 56.1 g/mol. The fraction of sp³-hybridized carbons (Fsp3) is 0. The third-order valence-corrected chi connectivity index (χ3v) is 0.0861. The molecule has 0 bridgehead atoms. The molecule has 0 atom stereocenters. The number of hydrogen-bond donors (Lipinski definition) is 1. The quantitative estimate of drug-likeness (QED) is 0.406. The Hall–Kier alpha value is -0.460. The molecular weight excluding hydrogens is 52.0 g/mol. The molecule has 0 aromatic heterocycles. The van der Waals surface area contributed by atoms with Crippen LogP contribution in [0.5, 0.6) is 0 Å². The van der Waals surface area contributed by atoms with Crippen molar-refractivity contribution in [3.63, 3.8) is 0 Å². The van der Waals surface area contributed by atoms with Crippen molar-refractivity contribution in [2.24, 2.45) is 0 Å². The summed E-state index contributed by atoms with van der Waals surface area (Å²) in [4.78, 5) is 0. The van der Waals surface area contributed by atoms with Crippen molar-refractivity contribution in [2.75, 3.05) is 0 Å². The van der Waals surface area contributed by atoms with E-state index >= 15 is 0 Å². The van der Waals surface area contributed by atoms with Gasteiger partial charge in [-0.25, -0.2) is 0 Å². The predicted molar refractivity (Wildman–Crippen MR) is 16.1 cm³/mol. The third kappa shape index (κ3) is 1.54. The summed E-state index contributed by atoms with van der Waals surface area (Å²) in [6.45, 7) is 4.60. The minimum Gasteiger partial charge on any atom is -0.516 e. The lowest BCUT2D eigenvalue weighted by molar-refractivity contribution is 0.473. The smallest absolute Gasteiger partial charge is 0.0755 e. The summed E-state index contributed by atoms with van der Waals surface area (Å²) in [7, 11) is 0. The lowest BCUT2D eigenvalue weighted by atomic mass is 10.8. The van der Waals surface area contributed by atoms with E-state index in [1.165, 1.54) is 0 Å². The van der Waals surface area contributed by atoms with Gasteiger partial charge in [0, 0.05) is 0 Å². The van der Waals surface area contributed by atoms with Gasteiger partial charge in [0.05, 0.1) is 6.26 Å². The van der Waals surface area contributed by atoms with Crippen LogP contribution in [-0.4, -0.2) is 5.11 Å². The highest BCUT2D eigenvalue weighted by atomic mass is 16.2. The van der Waals surface area contributed by atoms with Gasteiger partial charge in [-0.3, -0.25) is 0 Å². The van der Waals surface area contributed by atoms with E-state index in [-0.39, 0.29) is 0 Å². The molecule has 0 saturated carbocycles. The Morgan fingerprint density at radius 3 is 2.00 bits per heavy atom. The van der Waals surface area contributed by atoms with Crippen LogP contribution in [0.15, 0.2) is 12.3 Å². The molecule has 0 saturated heterocycles. The number of aliphatic hydroxyl groups excluding tert-OH is 1. The van der Waals surface area contributed by atoms with E-state index in [0.717, 1.165) is 12.3 Å². The van der Waals surface area contributed by atoms with Crippen LogP contribution in [0.2, 0.25) is 0 Å². The van der Waals surface area contributed by atoms with E-state index in [9.17, 15) is 0 Å². The average Bonchev–Trinajstić information content (AvgIpc) is 1.37. The number of hydrogen-bond acceptors (Lipinski definition) is 1. The summed E-state index contributed by atoms with van der Waals surface area (Å²) in [5.74, 6) is 0. The van der Waals surface area contributed by atoms with E-state index in [0.29, 0.717) is 0 Å². The van der Waals surface area contributed by atoms with Crippen molar-refractivity contribution in [1.82, 2.24) is 0 Å². The normalized spacial score (nSPS) is 9.25. The summed E-state index contributed by atoms with van der Waals surface area (Å²) >= 11 is 0. The summed E-state index contributed by atoms with van der Waals surface area (Å²) in [6.07, 6.45) is 1.83. The largest absolute Gasteiger partial charge is 0.516 e. The van der Waals surface area contributed by atoms with Crippen LogP contribution in [0.4, 0.5) is 0 Å². The Bertz CT molecular complexity index is 18.5. The molecule has 0 aromatic rings. The number of allylic oxidation sites excluding steroid dienone is 1. The van der Waals surface area contributed by atoms with Crippen molar-refractivity contribution in [3.8, 4) is 0 Å². The van der Waals surface area contributed by atoms with E-state index in [1.54, 1.807) is 0 Å². The zero-order valence-electron chi connectivity index (χ0n) is 2.18. The monoisotopic (exact) mass is 56.0 g/mol. The van der Waals surface area contributed by atoms with Crippen molar-refractivity contribution in [1.29, 1.82) is 0 Å². The molecule has 1 nitrogen and oxygen atoms in total. The van der Waals surface area contributed by atoms with Crippen molar-refractivity contribution in [2.45, 2.75) is 0 Å². The first-order chi connectivity index (χ1) is 1.91. The third-order valence-electron chi connectivity index (χ3n) is 0.0861. The number of aliphatic hydroxyl groups is 1. The zero-order valence-corrected chi connectivity index (χ0v) is 2.18.